The number of ether oxygens (including phenoxy) is 1. The first-order chi connectivity index (χ1) is 13.7. The quantitative estimate of drug-likeness (QED) is 0.236. The lowest BCUT2D eigenvalue weighted by molar-refractivity contribution is -0.128. The van der Waals surface area contributed by atoms with Crippen LogP contribution in [0.4, 0.5) is 0 Å². The van der Waals surface area contributed by atoms with Gasteiger partial charge < -0.3 is 4.74 Å². The largest absolute Gasteiger partial charge is 0.423 e. The van der Waals surface area contributed by atoms with Gasteiger partial charge in [0.25, 0.3) is 0 Å². The summed E-state index contributed by atoms with van der Waals surface area (Å²) in [5.41, 5.74) is 2.59. The van der Waals surface area contributed by atoms with E-state index >= 15 is 0 Å². The summed E-state index contributed by atoms with van der Waals surface area (Å²) < 4.78 is 7.11. The lowest BCUT2D eigenvalue weighted by Crippen LogP contribution is -2.03. The number of esters is 1. The Labute approximate surface area is 171 Å². The molecule has 0 radical (unpaired) electrons. The van der Waals surface area contributed by atoms with Crippen LogP contribution in [-0.2, 0) is 4.79 Å². The summed E-state index contributed by atoms with van der Waals surface area (Å²) in [6, 6.07) is 20.5. The Balaban J connectivity index is 1.60. The molecular formula is C22H15ClN2O2S. The van der Waals surface area contributed by atoms with E-state index in [4.69, 9.17) is 21.4 Å². The van der Waals surface area contributed by atoms with Crippen LogP contribution in [0.5, 0.6) is 5.75 Å². The molecule has 0 fully saturated rings. The lowest BCUT2D eigenvalue weighted by Gasteiger charge is -2.00. The highest BCUT2D eigenvalue weighted by atomic mass is 35.5. The van der Waals surface area contributed by atoms with Crippen LogP contribution < -0.4 is 4.74 Å². The van der Waals surface area contributed by atoms with E-state index < -0.39 is 5.97 Å². The van der Waals surface area contributed by atoms with Crippen LogP contribution in [0.1, 0.15) is 5.56 Å². The van der Waals surface area contributed by atoms with Gasteiger partial charge in [-0.1, -0.05) is 35.9 Å². The van der Waals surface area contributed by atoms with Crippen LogP contribution in [0.2, 0.25) is 5.02 Å². The normalized spacial score (nSPS) is 11.0. The third kappa shape index (κ3) is 4.22. The van der Waals surface area contributed by atoms with Gasteiger partial charge in [-0.25, -0.2) is 9.48 Å². The maximum absolute atomic E-state index is 12.2. The number of benzene rings is 2. The summed E-state index contributed by atoms with van der Waals surface area (Å²) in [6.45, 7) is 0. The monoisotopic (exact) mass is 406 g/mol. The molecular weight excluding hydrogens is 392 g/mol. The standard InChI is InChI=1S/C22H15ClN2O2S/c23-17-9-11-19(12-10-17)27-21(26)13-8-16-15-25(18-5-2-1-3-6-18)24-22(16)20-7-4-14-28-20/h1-15H. The van der Waals surface area contributed by atoms with Gasteiger partial charge in [0.1, 0.15) is 11.4 Å². The topological polar surface area (TPSA) is 44.1 Å². The van der Waals surface area contributed by atoms with E-state index in [9.17, 15) is 4.79 Å². The van der Waals surface area contributed by atoms with Crippen molar-refractivity contribution in [2.24, 2.45) is 0 Å². The van der Waals surface area contributed by atoms with Crippen molar-refractivity contribution in [2.75, 3.05) is 0 Å². The van der Waals surface area contributed by atoms with Crippen LogP contribution in [0.25, 0.3) is 22.3 Å². The van der Waals surface area contributed by atoms with Gasteiger partial charge >= 0.3 is 5.97 Å². The average molecular weight is 407 g/mol. The molecule has 2 aromatic heterocycles. The Kier molecular flexibility index (Phi) is 5.37. The maximum Gasteiger partial charge on any atom is 0.336 e. The van der Waals surface area contributed by atoms with Gasteiger partial charge in [-0.05, 0) is 53.9 Å². The Bertz CT molecular complexity index is 1100. The molecule has 4 rings (SSSR count). The van der Waals surface area contributed by atoms with Gasteiger partial charge in [0.15, 0.2) is 0 Å². The summed E-state index contributed by atoms with van der Waals surface area (Å²) in [6.07, 6.45) is 5.02. The highest BCUT2D eigenvalue weighted by Gasteiger charge is 2.12. The number of rotatable bonds is 5. The second-order valence-corrected chi connectivity index (χ2v) is 7.28. The molecule has 0 N–H and O–H groups in total. The van der Waals surface area contributed by atoms with Crippen molar-refractivity contribution in [2.45, 2.75) is 0 Å². The molecule has 138 valence electrons. The van der Waals surface area contributed by atoms with Gasteiger partial charge in [-0.3, -0.25) is 0 Å². The van der Waals surface area contributed by atoms with Crippen molar-refractivity contribution in [3.63, 3.8) is 0 Å². The molecule has 0 aliphatic carbocycles. The van der Waals surface area contributed by atoms with Crippen molar-refractivity contribution in [1.29, 1.82) is 0 Å². The second-order valence-electron chi connectivity index (χ2n) is 5.90. The molecule has 6 heteroatoms. The number of hydrogen-bond donors (Lipinski definition) is 0. The molecule has 4 nitrogen and oxygen atoms in total. The van der Waals surface area contributed by atoms with E-state index in [1.54, 1.807) is 46.4 Å². The Morgan fingerprint density at radius 2 is 1.82 bits per heavy atom. The average Bonchev–Trinajstić information content (AvgIpc) is 3.38. The maximum atomic E-state index is 12.2. The number of hydrogen-bond acceptors (Lipinski definition) is 4. The zero-order chi connectivity index (χ0) is 19.3. The van der Waals surface area contributed by atoms with Crippen LogP contribution in [0, 0.1) is 0 Å². The molecule has 0 atom stereocenters. The summed E-state index contributed by atoms with van der Waals surface area (Å²) in [7, 11) is 0. The minimum absolute atomic E-state index is 0.442. The lowest BCUT2D eigenvalue weighted by atomic mass is 10.2. The molecule has 0 saturated carbocycles. The Morgan fingerprint density at radius 3 is 2.54 bits per heavy atom. The minimum atomic E-state index is -0.466. The number of thiophene rings is 1. The fourth-order valence-electron chi connectivity index (χ4n) is 2.64. The van der Waals surface area contributed by atoms with Crippen LogP contribution >= 0.6 is 22.9 Å². The van der Waals surface area contributed by atoms with Gasteiger partial charge in [0.05, 0.1) is 10.6 Å². The zero-order valence-electron chi connectivity index (χ0n) is 14.7. The molecule has 28 heavy (non-hydrogen) atoms. The van der Waals surface area contributed by atoms with E-state index in [-0.39, 0.29) is 0 Å². The number of para-hydroxylation sites is 1. The molecule has 4 aromatic rings. The molecule has 0 amide bonds. The highest BCUT2D eigenvalue weighted by Crippen LogP contribution is 2.28. The molecule has 0 spiro atoms. The minimum Gasteiger partial charge on any atom is -0.423 e. The fourth-order valence-corrected chi connectivity index (χ4v) is 3.49. The second kappa shape index (κ2) is 8.25. The van der Waals surface area contributed by atoms with Gasteiger partial charge in [0.2, 0.25) is 0 Å². The summed E-state index contributed by atoms with van der Waals surface area (Å²) in [5, 5.41) is 7.29. The summed E-state index contributed by atoms with van der Waals surface area (Å²) in [4.78, 5) is 13.2. The van der Waals surface area contributed by atoms with Gasteiger partial charge in [-0.15, -0.1) is 11.3 Å². The van der Waals surface area contributed by atoms with Crippen molar-refractivity contribution < 1.29 is 9.53 Å². The molecule has 2 heterocycles. The van der Waals surface area contributed by atoms with E-state index in [0.717, 1.165) is 21.8 Å². The zero-order valence-corrected chi connectivity index (χ0v) is 16.2. The molecule has 0 aliphatic rings. The Morgan fingerprint density at radius 1 is 1.04 bits per heavy atom. The predicted octanol–water partition coefficient (Wildman–Crippen LogP) is 5.87. The summed E-state index contributed by atoms with van der Waals surface area (Å²) >= 11 is 7.44. The van der Waals surface area contributed by atoms with Crippen molar-refractivity contribution in [3.8, 4) is 22.0 Å². The number of nitrogens with zero attached hydrogens (tertiary/aromatic N) is 2. The number of carbonyl (C=O) groups excluding carboxylic acids is 1. The predicted molar refractivity (Wildman–Crippen MR) is 113 cm³/mol. The SMILES string of the molecule is O=C(C=Cc1cn(-c2ccccc2)nc1-c1cccs1)Oc1ccc(Cl)cc1. The third-order valence-electron chi connectivity index (χ3n) is 3.95. The smallest absolute Gasteiger partial charge is 0.336 e. The van der Waals surface area contributed by atoms with Crippen LogP contribution in [0.15, 0.2) is 84.4 Å². The van der Waals surface area contributed by atoms with Crippen molar-refractivity contribution in [1.82, 2.24) is 9.78 Å². The van der Waals surface area contributed by atoms with E-state index in [2.05, 4.69) is 0 Å². The van der Waals surface area contributed by atoms with E-state index in [1.807, 2.05) is 54.0 Å². The van der Waals surface area contributed by atoms with Crippen molar-refractivity contribution in [3.05, 3.63) is 95.0 Å². The van der Waals surface area contributed by atoms with Crippen molar-refractivity contribution >= 4 is 35.0 Å². The Hall–Kier alpha value is -3.15. The highest BCUT2D eigenvalue weighted by molar-refractivity contribution is 7.13. The molecule has 0 bridgehead atoms. The first kappa shape index (κ1) is 18.2. The fraction of sp³-hybridized carbons (Fsp3) is 0. The first-order valence-electron chi connectivity index (χ1n) is 8.53. The van der Waals surface area contributed by atoms with Gasteiger partial charge in [0, 0.05) is 22.9 Å². The van der Waals surface area contributed by atoms with Crippen LogP contribution in [0.3, 0.4) is 0 Å². The van der Waals surface area contributed by atoms with E-state index in [1.165, 1.54) is 6.08 Å². The molecule has 0 saturated heterocycles. The summed E-state index contributed by atoms with van der Waals surface area (Å²) in [5.74, 6) is -0.0237. The molecule has 0 unspecified atom stereocenters. The third-order valence-corrected chi connectivity index (χ3v) is 5.08. The molecule has 2 aromatic carbocycles. The number of carbonyl (C=O) groups is 1. The number of halogens is 1. The van der Waals surface area contributed by atoms with E-state index in [0.29, 0.717) is 10.8 Å². The molecule has 0 aliphatic heterocycles. The van der Waals surface area contributed by atoms with Gasteiger partial charge in [-0.2, -0.15) is 5.10 Å². The van der Waals surface area contributed by atoms with Crippen LogP contribution in [-0.4, -0.2) is 15.7 Å². The number of aromatic nitrogens is 2. The first-order valence-corrected chi connectivity index (χ1v) is 9.79.